The second-order valence-electron chi connectivity index (χ2n) is 9.79. The molecule has 6 nitrogen and oxygen atoms in total. The summed E-state index contributed by atoms with van der Waals surface area (Å²) in [5.41, 5.74) is 0.983. The topological polar surface area (TPSA) is 70.1 Å². The second-order valence-corrected chi connectivity index (χ2v) is 9.79. The molecule has 28 heavy (non-hydrogen) atoms. The molecule has 1 aromatic carbocycles. The summed E-state index contributed by atoms with van der Waals surface area (Å²) in [6.45, 7) is 0.775. The zero-order valence-electron chi connectivity index (χ0n) is 15.9. The average Bonchev–Trinajstić information content (AvgIpc) is 3.21. The van der Waals surface area contributed by atoms with Crippen LogP contribution in [-0.4, -0.2) is 53.3 Å². The molecule has 7 aliphatic rings. The predicted octanol–water partition coefficient (Wildman–Crippen LogP) is 2.04. The highest BCUT2D eigenvalue weighted by molar-refractivity contribution is 5.99. The molecular formula is C22H24N2O4. The Balaban J connectivity index is 1.63. The molecule has 4 aliphatic carbocycles. The average molecular weight is 380 g/mol. The predicted molar refractivity (Wildman–Crippen MR) is 99.7 cm³/mol. The molecular weight excluding hydrogens is 356 g/mol. The number of hydrogen-bond acceptors (Lipinski definition) is 4. The highest BCUT2D eigenvalue weighted by atomic mass is 16.5. The summed E-state index contributed by atoms with van der Waals surface area (Å²) in [6, 6.07) is 8.15. The molecule has 2 saturated heterocycles. The van der Waals surface area contributed by atoms with Crippen molar-refractivity contribution in [3.05, 3.63) is 29.8 Å². The van der Waals surface area contributed by atoms with E-state index in [4.69, 9.17) is 4.74 Å². The summed E-state index contributed by atoms with van der Waals surface area (Å²) in [4.78, 5) is 30.7. The van der Waals surface area contributed by atoms with Crippen LogP contribution in [0.25, 0.3) is 0 Å². The Bertz CT molecular complexity index is 964. The molecule has 146 valence electrons. The van der Waals surface area contributed by atoms with Crippen LogP contribution in [0.1, 0.15) is 37.7 Å². The molecule has 1 N–H and O–H groups in total. The number of carbonyl (C=O) groups is 2. The van der Waals surface area contributed by atoms with Gasteiger partial charge in [0.05, 0.1) is 41.8 Å². The Labute approximate surface area is 163 Å². The third kappa shape index (κ3) is 1.19. The third-order valence-electron chi connectivity index (χ3n) is 9.50. The summed E-state index contributed by atoms with van der Waals surface area (Å²) in [5, 5.41) is 11.5. The van der Waals surface area contributed by atoms with Crippen molar-refractivity contribution < 1.29 is 19.4 Å². The minimum Gasteiger partial charge on any atom is -0.452 e. The molecule has 3 aliphatic heterocycles. The minimum absolute atomic E-state index is 0.0711. The van der Waals surface area contributed by atoms with E-state index in [1.165, 1.54) is 7.11 Å². The van der Waals surface area contributed by atoms with Gasteiger partial charge < -0.3 is 14.7 Å². The number of carbonyl (C=O) groups excluding carboxylic acids is 2. The lowest BCUT2D eigenvalue weighted by atomic mass is 9.41. The third-order valence-corrected chi connectivity index (χ3v) is 9.50. The minimum atomic E-state index is -0.694. The molecule has 8 rings (SSSR count). The Hall–Kier alpha value is -2.08. The maximum Gasteiger partial charge on any atom is 0.414 e. The van der Waals surface area contributed by atoms with E-state index in [1.54, 1.807) is 0 Å². The summed E-state index contributed by atoms with van der Waals surface area (Å²) in [6.07, 6.45) is 3.87. The summed E-state index contributed by atoms with van der Waals surface area (Å²) in [5.74, 6) is -0.409. The van der Waals surface area contributed by atoms with Gasteiger partial charge in [0.2, 0.25) is 5.91 Å². The van der Waals surface area contributed by atoms with E-state index < -0.39 is 23.0 Å². The van der Waals surface area contributed by atoms with Crippen LogP contribution in [0.15, 0.2) is 24.3 Å². The van der Waals surface area contributed by atoms with Crippen LogP contribution in [-0.2, 0) is 14.9 Å². The molecule has 0 aromatic heterocycles. The molecule has 7 atom stereocenters. The Morgan fingerprint density at radius 3 is 2.89 bits per heavy atom. The number of nitrogens with zero attached hydrogens (tertiary/aromatic N) is 2. The fraction of sp³-hybridized carbons (Fsp3) is 0.636. The number of fused-ring (bicyclic) bond motifs is 2. The number of amides is 2. The van der Waals surface area contributed by atoms with E-state index in [9.17, 15) is 14.7 Å². The van der Waals surface area contributed by atoms with Crippen molar-refractivity contribution in [2.75, 3.05) is 18.6 Å². The van der Waals surface area contributed by atoms with E-state index in [1.807, 2.05) is 23.1 Å². The van der Waals surface area contributed by atoms with Gasteiger partial charge in [-0.05, 0) is 49.1 Å². The van der Waals surface area contributed by atoms with Gasteiger partial charge in [0.15, 0.2) is 0 Å². The molecule has 4 bridgehead atoms. The number of piperidine rings is 1. The molecule has 1 aromatic rings. The molecule has 2 amide bonds. The van der Waals surface area contributed by atoms with Crippen molar-refractivity contribution in [3.8, 4) is 0 Å². The van der Waals surface area contributed by atoms with E-state index in [0.29, 0.717) is 0 Å². The Kier molecular flexibility index (Phi) is 2.48. The molecule has 6 heteroatoms. The van der Waals surface area contributed by atoms with E-state index in [0.717, 1.165) is 49.9 Å². The highest BCUT2D eigenvalue weighted by Gasteiger charge is 2.90. The molecule has 4 saturated carbocycles. The first-order chi connectivity index (χ1) is 13.5. The van der Waals surface area contributed by atoms with Crippen molar-refractivity contribution in [2.24, 2.45) is 17.3 Å². The number of aliphatic hydroxyl groups is 1. The van der Waals surface area contributed by atoms with Gasteiger partial charge in [0.25, 0.3) is 0 Å². The van der Waals surface area contributed by atoms with Crippen LogP contribution in [0.2, 0.25) is 0 Å². The maximum atomic E-state index is 13.6. The van der Waals surface area contributed by atoms with Gasteiger partial charge in [-0.1, -0.05) is 18.2 Å². The van der Waals surface area contributed by atoms with E-state index in [2.05, 4.69) is 11.0 Å². The summed E-state index contributed by atoms with van der Waals surface area (Å²) in [7, 11) is 1.43. The first-order valence-corrected chi connectivity index (χ1v) is 10.5. The van der Waals surface area contributed by atoms with Gasteiger partial charge in [0.1, 0.15) is 0 Å². The monoisotopic (exact) mass is 380 g/mol. The number of anilines is 1. The number of methoxy groups -OCH3 is 1. The lowest BCUT2D eigenvalue weighted by molar-refractivity contribution is -0.154. The first kappa shape index (κ1) is 15.8. The first-order valence-electron chi connectivity index (χ1n) is 10.5. The van der Waals surface area contributed by atoms with Crippen LogP contribution >= 0.6 is 0 Å². The smallest absolute Gasteiger partial charge is 0.414 e. The number of ether oxygens (including phenoxy) is 1. The normalized spacial score (nSPS) is 48.7. The number of para-hydroxylation sites is 1. The van der Waals surface area contributed by atoms with Gasteiger partial charge in [-0.25, -0.2) is 4.79 Å². The van der Waals surface area contributed by atoms with Crippen LogP contribution in [0.5, 0.6) is 0 Å². The second kappa shape index (κ2) is 4.40. The summed E-state index contributed by atoms with van der Waals surface area (Å²) < 4.78 is 5.26. The van der Waals surface area contributed by atoms with Gasteiger partial charge >= 0.3 is 6.09 Å². The van der Waals surface area contributed by atoms with Crippen LogP contribution in [0.4, 0.5) is 10.5 Å². The Morgan fingerprint density at radius 2 is 2.07 bits per heavy atom. The highest BCUT2D eigenvalue weighted by Crippen LogP contribution is 2.81. The van der Waals surface area contributed by atoms with Gasteiger partial charge in [0, 0.05) is 12.5 Å². The van der Waals surface area contributed by atoms with Crippen molar-refractivity contribution in [1.82, 2.24) is 4.90 Å². The lowest BCUT2D eigenvalue weighted by Crippen LogP contribution is -2.77. The number of rotatable bonds is 0. The van der Waals surface area contributed by atoms with Crippen molar-refractivity contribution in [3.63, 3.8) is 0 Å². The van der Waals surface area contributed by atoms with Gasteiger partial charge in [-0.3, -0.25) is 9.69 Å². The largest absolute Gasteiger partial charge is 0.452 e. The number of benzene rings is 1. The fourth-order valence-electron chi connectivity index (χ4n) is 9.18. The SMILES string of the molecule is COC(=O)N1c2ccccc2[C@@]23[C@@H]4C(=O)N5CCC[C@]6(CC[C@]12[C@H](C6)[C@@H]4O)[C@H]53. The standard InChI is InChI=1S/C22H24N2O4/c1-28-19(27)24-14-6-3-2-5-12(14)22-15-16(25)13-11-20(8-9-21(13,22)24)7-4-10-23(17(15)26)18(20)22/h2-3,5-6,13,15-16,18,25H,4,7-11H2,1H3/t13-,15+,16+,18+,20-,21-,22+/m1/s1. The van der Waals surface area contributed by atoms with Crippen LogP contribution in [0.3, 0.4) is 0 Å². The Morgan fingerprint density at radius 1 is 1.25 bits per heavy atom. The molecule has 0 radical (unpaired) electrons. The molecule has 0 unspecified atom stereocenters. The number of hydrogen-bond donors (Lipinski definition) is 1. The zero-order valence-corrected chi connectivity index (χ0v) is 15.9. The zero-order chi connectivity index (χ0) is 19.1. The van der Waals surface area contributed by atoms with Crippen LogP contribution in [0, 0.1) is 17.3 Å². The van der Waals surface area contributed by atoms with Crippen molar-refractivity contribution in [1.29, 1.82) is 0 Å². The van der Waals surface area contributed by atoms with Crippen molar-refractivity contribution in [2.45, 2.75) is 55.2 Å². The van der Waals surface area contributed by atoms with Crippen molar-refractivity contribution >= 4 is 17.7 Å². The maximum absolute atomic E-state index is 13.6. The van der Waals surface area contributed by atoms with Gasteiger partial charge in [-0.2, -0.15) is 0 Å². The fourth-order valence-corrected chi connectivity index (χ4v) is 9.18. The summed E-state index contributed by atoms with van der Waals surface area (Å²) >= 11 is 0. The molecule has 3 spiro atoms. The van der Waals surface area contributed by atoms with E-state index in [-0.39, 0.29) is 29.4 Å². The molecule has 3 heterocycles. The molecule has 6 fully saturated rings. The van der Waals surface area contributed by atoms with Crippen LogP contribution < -0.4 is 4.90 Å². The van der Waals surface area contributed by atoms with Gasteiger partial charge in [-0.15, -0.1) is 0 Å². The number of aliphatic hydroxyl groups excluding tert-OH is 1. The van der Waals surface area contributed by atoms with E-state index >= 15 is 0 Å². The lowest BCUT2D eigenvalue weighted by Gasteiger charge is -2.68. The quantitative estimate of drug-likeness (QED) is 0.748.